The molecule has 0 aliphatic carbocycles. The third kappa shape index (κ3) is 4.11. The summed E-state index contributed by atoms with van der Waals surface area (Å²) in [5.74, 6) is 1.25. The van der Waals surface area contributed by atoms with Crippen LogP contribution in [0.3, 0.4) is 0 Å². The number of thioether (sulfide) groups is 1. The Labute approximate surface area is 133 Å². The molecular weight excluding hydrogens is 300 g/mol. The second kappa shape index (κ2) is 7.65. The molecule has 1 aromatic carbocycles. The van der Waals surface area contributed by atoms with E-state index in [1.165, 1.54) is 11.8 Å². The van der Waals surface area contributed by atoms with Crippen molar-refractivity contribution in [2.45, 2.75) is 25.2 Å². The first-order valence-corrected chi connectivity index (χ1v) is 7.73. The van der Waals surface area contributed by atoms with Crippen LogP contribution in [0.2, 0.25) is 0 Å². The number of ether oxygens (including phenoxy) is 1. The van der Waals surface area contributed by atoms with Gasteiger partial charge in [-0.25, -0.2) is 0 Å². The van der Waals surface area contributed by atoms with Gasteiger partial charge in [0.2, 0.25) is 5.91 Å². The molecule has 0 atom stereocenters. The van der Waals surface area contributed by atoms with E-state index >= 15 is 0 Å². The summed E-state index contributed by atoms with van der Waals surface area (Å²) < 4.78 is 7.65. The minimum Gasteiger partial charge on any atom is -0.485 e. The zero-order chi connectivity index (χ0) is 15.9. The second-order valence-corrected chi connectivity index (χ2v) is 5.55. The summed E-state index contributed by atoms with van der Waals surface area (Å²) in [5, 5.41) is 8.83. The van der Waals surface area contributed by atoms with Gasteiger partial charge in [0.25, 0.3) is 0 Å². The number of aromatic nitrogens is 3. The fourth-order valence-electron chi connectivity index (χ4n) is 1.84. The summed E-state index contributed by atoms with van der Waals surface area (Å²) in [6.07, 6.45) is 1.74. The van der Waals surface area contributed by atoms with Crippen LogP contribution in [0.1, 0.15) is 11.4 Å². The molecule has 22 heavy (non-hydrogen) atoms. The average molecular weight is 318 g/mol. The molecule has 0 saturated carbocycles. The van der Waals surface area contributed by atoms with Gasteiger partial charge < -0.3 is 10.5 Å². The van der Waals surface area contributed by atoms with Crippen molar-refractivity contribution in [2.75, 3.05) is 5.75 Å². The lowest BCUT2D eigenvalue weighted by atomic mass is 10.2. The maximum absolute atomic E-state index is 10.9. The minimum atomic E-state index is -0.393. The van der Waals surface area contributed by atoms with E-state index in [2.05, 4.69) is 16.8 Å². The van der Waals surface area contributed by atoms with Crippen molar-refractivity contribution in [3.8, 4) is 5.75 Å². The standard InChI is InChI=1S/C15H18N4O2S/c1-3-8-19-14(17-18-15(19)22-10-13(16)20)9-21-12-7-5-4-6-11(12)2/h3-7H,1,8-10H2,2H3,(H2,16,20). The monoisotopic (exact) mass is 318 g/mol. The number of rotatable bonds is 8. The fraction of sp³-hybridized carbons (Fsp3) is 0.267. The number of carbonyl (C=O) groups excluding carboxylic acids is 1. The number of carbonyl (C=O) groups is 1. The highest BCUT2D eigenvalue weighted by Crippen LogP contribution is 2.20. The number of primary amides is 1. The number of amides is 1. The van der Waals surface area contributed by atoms with E-state index in [4.69, 9.17) is 10.5 Å². The second-order valence-electron chi connectivity index (χ2n) is 4.61. The molecule has 0 aliphatic heterocycles. The average Bonchev–Trinajstić information content (AvgIpc) is 2.87. The number of allylic oxidation sites excluding steroid dienone is 1. The van der Waals surface area contributed by atoms with E-state index in [0.29, 0.717) is 24.1 Å². The van der Waals surface area contributed by atoms with Gasteiger partial charge in [-0.05, 0) is 18.6 Å². The molecule has 0 bridgehead atoms. The fourth-order valence-corrected chi connectivity index (χ4v) is 2.55. The first-order chi connectivity index (χ1) is 10.6. The van der Waals surface area contributed by atoms with E-state index in [-0.39, 0.29) is 5.75 Å². The van der Waals surface area contributed by atoms with Crippen molar-refractivity contribution in [1.82, 2.24) is 14.8 Å². The van der Waals surface area contributed by atoms with Gasteiger partial charge >= 0.3 is 0 Å². The molecule has 2 rings (SSSR count). The van der Waals surface area contributed by atoms with Crippen LogP contribution in [0.5, 0.6) is 5.75 Å². The normalized spacial score (nSPS) is 10.4. The molecule has 2 aromatic rings. The minimum absolute atomic E-state index is 0.161. The van der Waals surface area contributed by atoms with Crippen molar-refractivity contribution < 1.29 is 9.53 Å². The number of para-hydroxylation sites is 1. The predicted molar refractivity (Wildman–Crippen MR) is 85.6 cm³/mol. The van der Waals surface area contributed by atoms with Crippen molar-refractivity contribution in [1.29, 1.82) is 0 Å². The van der Waals surface area contributed by atoms with E-state index in [0.717, 1.165) is 11.3 Å². The zero-order valence-electron chi connectivity index (χ0n) is 12.4. The molecule has 0 aliphatic rings. The molecule has 1 aromatic heterocycles. The highest BCUT2D eigenvalue weighted by Gasteiger charge is 2.13. The smallest absolute Gasteiger partial charge is 0.227 e. The summed E-state index contributed by atoms with van der Waals surface area (Å²) in [6.45, 7) is 6.55. The van der Waals surface area contributed by atoms with Gasteiger partial charge in [-0.3, -0.25) is 9.36 Å². The molecule has 116 valence electrons. The predicted octanol–water partition coefficient (Wildman–Crippen LogP) is 1.93. The Bertz CT molecular complexity index is 669. The Morgan fingerprint density at radius 2 is 2.23 bits per heavy atom. The molecule has 7 heteroatoms. The number of benzene rings is 1. The summed E-state index contributed by atoms with van der Waals surface area (Å²) in [4.78, 5) is 10.9. The van der Waals surface area contributed by atoms with Crippen molar-refractivity contribution >= 4 is 17.7 Å². The quantitative estimate of drug-likeness (QED) is 0.594. The Kier molecular flexibility index (Phi) is 5.60. The molecular formula is C15H18N4O2S. The summed E-state index contributed by atoms with van der Waals surface area (Å²) in [5.41, 5.74) is 6.22. The van der Waals surface area contributed by atoms with Crippen molar-refractivity contribution in [2.24, 2.45) is 5.73 Å². The van der Waals surface area contributed by atoms with Crippen molar-refractivity contribution in [3.05, 3.63) is 48.3 Å². The SMILES string of the molecule is C=CCn1c(COc2ccccc2C)nnc1SCC(N)=O. The largest absolute Gasteiger partial charge is 0.485 e. The van der Waals surface area contributed by atoms with E-state index < -0.39 is 5.91 Å². The lowest BCUT2D eigenvalue weighted by Crippen LogP contribution is -2.14. The maximum Gasteiger partial charge on any atom is 0.227 e. The van der Waals surface area contributed by atoms with Crippen LogP contribution in [0.4, 0.5) is 0 Å². The zero-order valence-corrected chi connectivity index (χ0v) is 13.2. The number of nitrogens with two attached hydrogens (primary N) is 1. The van der Waals surface area contributed by atoms with Crippen LogP contribution in [0, 0.1) is 6.92 Å². The Hall–Kier alpha value is -2.28. The highest BCUT2D eigenvalue weighted by atomic mass is 32.2. The topological polar surface area (TPSA) is 83.0 Å². The summed E-state index contributed by atoms with van der Waals surface area (Å²) >= 11 is 1.25. The van der Waals surface area contributed by atoms with Gasteiger partial charge in [0.05, 0.1) is 5.75 Å². The molecule has 1 amide bonds. The lowest BCUT2D eigenvalue weighted by Gasteiger charge is -2.10. The molecule has 2 N–H and O–H groups in total. The Morgan fingerprint density at radius 3 is 2.91 bits per heavy atom. The molecule has 1 heterocycles. The third-order valence-electron chi connectivity index (χ3n) is 2.90. The van der Waals surface area contributed by atoms with E-state index in [1.807, 2.05) is 35.8 Å². The van der Waals surface area contributed by atoms with Crippen LogP contribution in [0.15, 0.2) is 42.1 Å². The molecule has 0 radical (unpaired) electrons. The molecule has 0 fully saturated rings. The third-order valence-corrected chi connectivity index (χ3v) is 3.89. The van der Waals surface area contributed by atoms with Crippen LogP contribution in [-0.4, -0.2) is 26.4 Å². The number of hydrogen-bond acceptors (Lipinski definition) is 5. The molecule has 0 spiro atoms. The number of nitrogens with zero attached hydrogens (tertiary/aromatic N) is 3. The van der Waals surface area contributed by atoms with Crippen molar-refractivity contribution in [3.63, 3.8) is 0 Å². The van der Waals surface area contributed by atoms with Crippen LogP contribution in [0.25, 0.3) is 0 Å². The van der Waals surface area contributed by atoms with Crippen LogP contribution < -0.4 is 10.5 Å². The molecule has 6 nitrogen and oxygen atoms in total. The van der Waals surface area contributed by atoms with Gasteiger partial charge in [0, 0.05) is 6.54 Å². The van der Waals surface area contributed by atoms with Crippen LogP contribution in [-0.2, 0) is 17.9 Å². The lowest BCUT2D eigenvalue weighted by molar-refractivity contribution is -0.115. The summed E-state index contributed by atoms with van der Waals surface area (Å²) in [7, 11) is 0. The molecule has 0 unspecified atom stereocenters. The van der Waals surface area contributed by atoms with Gasteiger partial charge in [0.15, 0.2) is 11.0 Å². The van der Waals surface area contributed by atoms with E-state index in [9.17, 15) is 4.79 Å². The Balaban J connectivity index is 2.11. The first-order valence-electron chi connectivity index (χ1n) is 6.74. The van der Waals surface area contributed by atoms with Gasteiger partial charge in [-0.2, -0.15) is 0 Å². The Morgan fingerprint density at radius 1 is 1.45 bits per heavy atom. The number of aryl methyl sites for hydroxylation is 1. The van der Waals surface area contributed by atoms with E-state index in [1.54, 1.807) is 6.08 Å². The van der Waals surface area contributed by atoms with Gasteiger partial charge in [-0.15, -0.1) is 16.8 Å². The summed E-state index contributed by atoms with van der Waals surface area (Å²) in [6, 6.07) is 7.77. The first kappa shape index (κ1) is 16.1. The highest BCUT2D eigenvalue weighted by molar-refractivity contribution is 7.99. The van der Waals surface area contributed by atoms with Gasteiger partial charge in [-0.1, -0.05) is 36.0 Å². The number of hydrogen-bond donors (Lipinski definition) is 1. The van der Waals surface area contributed by atoms with Crippen LogP contribution >= 0.6 is 11.8 Å². The molecule has 0 saturated heterocycles. The van der Waals surface area contributed by atoms with Gasteiger partial charge in [0.1, 0.15) is 12.4 Å². The maximum atomic E-state index is 10.9.